The van der Waals surface area contributed by atoms with Gasteiger partial charge >= 0.3 is 0 Å². The fourth-order valence-electron chi connectivity index (χ4n) is 11.0. The lowest BCUT2D eigenvalue weighted by Crippen LogP contribution is -2.63. The van der Waals surface area contributed by atoms with E-state index >= 15 is 0 Å². The van der Waals surface area contributed by atoms with Gasteiger partial charge in [-0.25, -0.2) is 0 Å². The van der Waals surface area contributed by atoms with Crippen molar-refractivity contribution in [1.29, 1.82) is 0 Å². The highest BCUT2D eigenvalue weighted by Gasteiger charge is 2.66. The number of rotatable bonds is 22. The molecule has 0 aromatic carbocycles. The zero-order valence-corrected chi connectivity index (χ0v) is 31.8. The average Bonchev–Trinajstić information content (AvgIpc) is 3.41. The van der Waals surface area contributed by atoms with Crippen molar-refractivity contribution >= 4 is 10.1 Å². The van der Waals surface area contributed by atoms with Crippen LogP contribution in [0.3, 0.4) is 0 Å². The summed E-state index contributed by atoms with van der Waals surface area (Å²) in [5.41, 5.74) is 6.34. The highest BCUT2D eigenvalue weighted by Crippen LogP contribution is 2.69. The molecule has 11 atom stereocenters. The second-order valence-corrected chi connectivity index (χ2v) is 17.7. The number of hydrogen-bond donors (Lipinski definition) is 5. The highest BCUT2D eigenvalue weighted by atomic mass is 32.2. The molecule has 3 unspecified atom stereocenters. The van der Waals surface area contributed by atoms with Crippen molar-refractivity contribution in [2.75, 3.05) is 65.5 Å². The van der Waals surface area contributed by atoms with Crippen molar-refractivity contribution in [2.24, 2.45) is 52.1 Å². The lowest BCUT2D eigenvalue weighted by atomic mass is 9.43. The Morgan fingerprint density at radius 2 is 1.62 bits per heavy atom. The molecule has 6 N–H and O–H groups in total. The number of hydrogen-bond acceptors (Lipinski definition) is 9. The number of nitrogens with two attached hydrogens (primary N) is 1. The minimum atomic E-state index is -4.00. The van der Waals surface area contributed by atoms with Crippen LogP contribution >= 0.6 is 0 Å². The third-order valence-corrected chi connectivity index (χ3v) is 14.0. The summed E-state index contributed by atoms with van der Waals surface area (Å²) < 4.78 is 51.3. The van der Waals surface area contributed by atoms with Gasteiger partial charge in [-0.05, 0) is 158 Å². The van der Waals surface area contributed by atoms with Gasteiger partial charge in [-0.2, -0.15) is 8.42 Å². The lowest BCUT2D eigenvalue weighted by Gasteiger charge is -2.65. The van der Waals surface area contributed by atoms with Crippen LogP contribution in [0.5, 0.6) is 0 Å². The van der Waals surface area contributed by atoms with E-state index in [0.29, 0.717) is 61.6 Å². The molecule has 0 aromatic rings. The molecule has 10 nitrogen and oxygen atoms in total. The first-order chi connectivity index (χ1) is 23.0. The van der Waals surface area contributed by atoms with Crippen molar-refractivity contribution in [3.8, 4) is 0 Å². The van der Waals surface area contributed by atoms with Crippen LogP contribution < -0.4 is 21.7 Å². The van der Waals surface area contributed by atoms with Crippen LogP contribution in [0.2, 0.25) is 0 Å². The summed E-state index contributed by atoms with van der Waals surface area (Å²) in [6, 6.07) is 0. The van der Waals surface area contributed by atoms with E-state index < -0.39 is 16.0 Å². The molecular weight excluding hydrogens is 628 g/mol. The molecule has 0 spiro atoms. The summed E-state index contributed by atoms with van der Waals surface area (Å²) >= 11 is 0. The number of nitrogens with one attached hydrogen (secondary N) is 3. The molecule has 0 saturated heterocycles. The van der Waals surface area contributed by atoms with Crippen LogP contribution in [0.1, 0.15) is 105 Å². The zero-order chi connectivity index (χ0) is 34.8. The molecule has 4 saturated carbocycles. The summed E-state index contributed by atoms with van der Waals surface area (Å²) in [6.07, 6.45) is 14.0. The van der Waals surface area contributed by atoms with Gasteiger partial charge in [-0.15, -0.1) is 0 Å². The van der Waals surface area contributed by atoms with Gasteiger partial charge in [0.05, 0.1) is 18.3 Å². The Labute approximate surface area is 293 Å². The molecule has 0 amide bonds. The third kappa shape index (κ3) is 9.94. The molecule has 0 bridgehead atoms. The Balaban J connectivity index is 1.52. The molecule has 0 heterocycles. The van der Waals surface area contributed by atoms with Crippen LogP contribution in [-0.4, -0.2) is 96.8 Å². The fraction of sp³-hybridized carbons (Fsp3) is 1.00. The van der Waals surface area contributed by atoms with Gasteiger partial charge < -0.3 is 35.9 Å². The third-order valence-electron chi connectivity index (χ3n) is 13.4. The second kappa shape index (κ2) is 18.9. The minimum absolute atomic E-state index is 0.154. The molecule has 0 aliphatic heterocycles. The first-order valence-electron chi connectivity index (χ1n) is 19.6. The van der Waals surface area contributed by atoms with Gasteiger partial charge in [0, 0.05) is 25.2 Å². The maximum Gasteiger partial charge on any atom is 0.278 e. The maximum absolute atomic E-state index is 11.0. The fourth-order valence-corrected chi connectivity index (χ4v) is 11.4. The molecule has 0 aromatic heterocycles. The minimum Gasteiger partial charge on any atom is -0.378 e. The van der Waals surface area contributed by atoms with E-state index in [-0.39, 0.29) is 29.1 Å². The largest absolute Gasteiger partial charge is 0.378 e. The summed E-state index contributed by atoms with van der Waals surface area (Å²) in [4.78, 5) is 0. The van der Waals surface area contributed by atoms with Crippen LogP contribution in [0.25, 0.3) is 0 Å². The summed E-state index contributed by atoms with van der Waals surface area (Å²) in [7, 11) is -1.97. The summed E-state index contributed by atoms with van der Waals surface area (Å²) in [5, 5.41) is 9.64. The van der Waals surface area contributed by atoms with Crippen molar-refractivity contribution in [3.63, 3.8) is 0 Å². The second-order valence-electron chi connectivity index (χ2n) is 16.2. The van der Waals surface area contributed by atoms with Crippen molar-refractivity contribution in [2.45, 2.75) is 123 Å². The predicted molar refractivity (Wildman–Crippen MR) is 193 cm³/mol. The van der Waals surface area contributed by atoms with Gasteiger partial charge in [0.15, 0.2) is 0 Å². The Morgan fingerprint density at radius 3 is 2.35 bits per heavy atom. The molecule has 4 rings (SSSR count). The van der Waals surface area contributed by atoms with E-state index in [1.165, 1.54) is 32.1 Å². The average molecular weight is 701 g/mol. The quantitative estimate of drug-likeness (QED) is 0.0787. The lowest BCUT2D eigenvalue weighted by molar-refractivity contribution is -0.227. The molecule has 282 valence electrons. The van der Waals surface area contributed by atoms with Crippen molar-refractivity contribution in [1.82, 2.24) is 16.0 Å². The van der Waals surface area contributed by atoms with Crippen LogP contribution in [-0.2, 0) is 24.3 Å². The molecule has 4 aliphatic rings. The molecule has 48 heavy (non-hydrogen) atoms. The van der Waals surface area contributed by atoms with Gasteiger partial charge in [0.2, 0.25) is 0 Å². The Bertz CT molecular complexity index is 1050. The Kier molecular flexibility index (Phi) is 15.9. The van der Waals surface area contributed by atoms with Crippen molar-refractivity contribution in [3.05, 3.63) is 0 Å². The number of fused-ring (bicyclic) bond motifs is 5. The maximum atomic E-state index is 11.0. The van der Waals surface area contributed by atoms with Crippen molar-refractivity contribution < 1.29 is 27.2 Å². The molecule has 0 radical (unpaired) electrons. The normalized spacial score (nSPS) is 37.1. The smallest absolute Gasteiger partial charge is 0.278 e. The summed E-state index contributed by atoms with van der Waals surface area (Å²) in [5.74, 6) is 3.20. The van der Waals surface area contributed by atoms with Crippen LogP contribution in [0.15, 0.2) is 0 Å². The topological polar surface area (TPSA) is 144 Å². The first kappa shape index (κ1) is 40.4. The van der Waals surface area contributed by atoms with E-state index in [0.717, 1.165) is 71.4 Å². The SMILES string of the molecule is CCNCCC[C@@H](C)[C@H]1CC[C@H]2C3C(OCCCN)C[C@@H]4C[C@H](OCCCNCS(=O)(=O)O)CC[C@]4(C)C3C[C@H](OCCCNC)[C@]12C. The first-order valence-corrected chi connectivity index (χ1v) is 21.2. The Hall–Kier alpha value is -0.370. The van der Waals surface area contributed by atoms with E-state index in [4.69, 9.17) is 24.5 Å². The van der Waals surface area contributed by atoms with E-state index in [1.807, 2.05) is 7.05 Å². The van der Waals surface area contributed by atoms with Gasteiger partial charge in [0.25, 0.3) is 10.1 Å². The van der Waals surface area contributed by atoms with Gasteiger partial charge in [-0.1, -0.05) is 27.7 Å². The van der Waals surface area contributed by atoms with E-state index in [9.17, 15) is 8.42 Å². The van der Waals surface area contributed by atoms with Crippen LogP contribution in [0.4, 0.5) is 0 Å². The zero-order valence-electron chi connectivity index (χ0n) is 31.0. The number of ether oxygens (including phenoxy) is 3. The Morgan fingerprint density at radius 1 is 0.896 bits per heavy atom. The molecule has 4 fully saturated rings. The standard InChI is InChI=1S/C37H72N4O6S/c1-6-40-18-7-11-27(2)30-12-13-31-35-32(25-34(37(30,31)4)47-22-9-17-39-5)36(3)15-14-29(45-21-10-19-41-26-48(42,43)44)23-28(36)24-33(35)46-20-8-16-38/h27-35,39-41H,6-26,38H2,1-5H3,(H,42,43,44)/t27-,28+,29-,30-,31+,32?,33?,34+,35?,36+,37-/m1/s1. The molecule has 4 aliphatic carbocycles. The van der Waals surface area contributed by atoms with Gasteiger partial charge in [0.1, 0.15) is 5.88 Å². The molecule has 11 heteroatoms. The van der Waals surface area contributed by atoms with E-state index in [2.05, 4.69) is 43.6 Å². The monoisotopic (exact) mass is 701 g/mol. The van der Waals surface area contributed by atoms with Gasteiger partial charge in [-0.3, -0.25) is 4.55 Å². The van der Waals surface area contributed by atoms with E-state index in [1.54, 1.807) is 0 Å². The van der Waals surface area contributed by atoms with Crippen LogP contribution in [0, 0.1) is 46.3 Å². The highest BCUT2D eigenvalue weighted by molar-refractivity contribution is 7.85. The predicted octanol–water partition coefficient (Wildman–Crippen LogP) is 4.83. The summed E-state index contributed by atoms with van der Waals surface area (Å²) in [6.45, 7) is 16.4. The molecular formula is C37H72N4O6S.